The molecular weight excluding hydrogens is 662 g/mol. The van der Waals surface area contributed by atoms with Crippen LogP contribution < -0.4 is 20.7 Å². The fourth-order valence-electron chi connectivity index (χ4n) is 3.82. The van der Waals surface area contributed by atoms with Crippen LogP contribution in [0.5, 0.6) is 0 Å². The largest absolute Gasteiger partial charge is 0.334 e. The molecule has 4 N–H and O–H groups in total. The van der Waals surface area contributed by atoms with Crippen LogP contribution in [0.2, 0.25) is 5.02 Å². The number of nitrogens with zero attached hydrogens (tertiary/aromatic N) is 3. The molecule has 3 aromatic carbocycles. The Hall–Kier alpha value is -4.79. The van der Waals surface area contributed by atoms with Crippen molar-refractivity contribution in [1.82, 2.24) is 15.1 Å². The van der Waals surface area contributed by atoms with Gasteiger partial charge in [0.2, 0.25) is 15.8 Å². The van der Waals surface area contributed by atoms with Crippen LogP contribution in [0.15, 0.2) is 94.2 Å². The van der Waals surface area contributed by atoms with E-state index in [1.54, 1.807) is 72.9 Å². The standard InChI is InChI=1S/C28H21BrClN7O5S/c1-43(40,41)37-24-10-8-19(13-22(24)29)34-28(39)33-18-6-2-4-16(12-18)27-35-25(36-42-27)21-9-7-20(14-23(21)30)32-26(38)17-5-3-11-31-15-17/h2-15,37H,1H3,(H,32,38)(H2,33,34,39). The number of halogens is 2. The number of rotatable bonds is 8. The van der Waals surface area contributed by atoms with Crippen molar-refractivity contribution in [2.75, 3.05) is 26.9 Å². The minimum absolute atomic E-state index is 0.196. The molecule has 0 aliphatic rings. The summed E-state index contributed by atoms with van der Waals surface area (Å²) in [6.07, 6.45) is 4.09. The van der Waals surface area contributed by atoms with E-state index in [1.165, 1.54) is 12.3 Å². The Morgan fingerprint density at radius 2 is 1.65 bits per heavy atom. The first-order valence-electron chi connectivity index (χ1n) is 12.3. The first-order valence-corrected chi connectivity index (χ1v) is 15.4. The van der Waals surface area contributed by atoms with Crippen molar-refractivity contribution in [3.63, 3.8) is 0 Å². The maximum atomic E-state index is 12.6. The number of urea groups is 1. The summed E-state index contributed by atoms with van der Waals surface area (Å²) < 4.78 is 31.2. The molecule has 0 spiro atoms. The van der Waals surface area contributed by atoms with Crippen LogP contribution in [0.4, 0.5) is 27.5 Å². The summed E-state index contributed by atoms with van der Waals surface area (Å²) >= 11 is 9.76. The molecule has 0 saturated heterocycles. The van der Waals surface area contributed by atoms with Gasteiger partial charge in [0.05, 0.1) is 22.5 Å². The fraction of sp³-hybridized carbons (Fsp3) is 0.0357. The van der Waals surface area contributed by atoms with E-state index in [4.69, 9.17) is 16.1 Å². The molecule has 0 saturated carbocycles. The first-order chi connectivity index (χ1) is 20.5. The van der Waals surface area contributed by atoms with Crippen molar-refractivity contribution in [1.29, 1.82) is 0 Å². The van der Waals surface area contributed by atoms with Crippen molar-refractivity contribution in [2.45, 2.75) is 0 Å². The number of anilines is 4. The van der Waals surface area contributed by atoms with Gasteiger partial charge in [0.15, 0.2) is 0 Å². The number of nitrogens with one attached hydrogen (secondary N) is 4. The maximum absolute atomic E-state index is 12.6. The molecular formula is C28H21BrClN7O5S. The second kappa shape index (κ2) is 12.6. The molecule has 0 fully saturated rings. The lowest BCUT2D eigenvalue weighted by Crippen LogP contribution is -2.19. The van der Waals surface area contributed by atoms with Crippen molar-refractivity contribution in [2.24, 2.45) is 0 Å². The van der Waals surface area contributed by atoms with Gasteiger partial charge in [0.25, 0.3) is 11.8 Å². The van der Waals surface area contributed by atoms with Crippen molar-refractivity contribution >= 4 is 72.2 Å². The quantitative estimate of drug-likeness (QED) is 0.144. The highest BCUT2D eigenvalue weighted by atomic mass is 79.9. The molecule has 12 nitrogen and oxygen atoms in total. The number of pyridine rings is 1. The second-order valence-corrected chi connectivity index (χ2v) is 12.1. The van der Waals surface area contributed by atoms with Gasteiger partial charge in [-0.15, -0.1) is 0 Å². The predicted octanol–water partition coefficient (Wildman–Crippen LogP) is 6.48. The van der Waals surface area contributed by atoms with Gasteiger partial charge in [0.1, 0.15) is 0 Å². The summed E-state index contributed by atoms with van der Waals surface area (Å²) in [6, 6.07) is 19.1. The third kappa shape index (κ3) is 7.74. The van der Waals surface area contributed by atoms with Gasteiger partial charge in [-0.05, 0) is 82.7 Å². The van der Waals surface area contributed by atoms with Crippen LogP contribution in [0.1, 0.15) is 10.4 Å². The number of benzene rings is 3. The predicted molar refractivity (Wildman–Crippen MR) is 168 cm³/mol. The molecule has 0 atom stereocenters. The normalized spacial score (nSPS) is 11.0. The summed E-state index contributed by atoms with van der Waals surface area (Å²) in [7, 11) is -3.45. The van der Waals surface area contributed by atoms with Crippen LogP contribution in [0, 0.1) is 0 Å². The van der Waals surface area contributed by atoms with Crippen LogP contribution in [-0.2, 0) is 10.0 Å². The Morgan fingerprint density at radius 1 is 0.907 bits per heavy atom. The number of hydrogen-bond donors (Lipinski definition) is 4. The Labute approximate surface area is 259 Å². The van der Waals surface area contributed by atoms with Crippen molar-refractivity contribution in [3.05, 3.63) is 100 Å². The molecule has 0 aliphatic carbocycles. The number of carbonyl (C=O) groups is 2. The zero-order chi connectivity index (χ0) is 30.6. The van der Waals surface area contributed by atoms with E-state index in [-0.39, 0.29) is 17.6 Å². The van der Waals surface area contributed by atoms with E-state index >= 15 is 0 Å². The zero-order valence-corrected chi connectivity index (χ0v) is 25.3. The molecule has 15 heteroatoms. The smallest absolute Gasteiger partial charge is 0.323 e. The van der Waals surface area contributed by atoms with Crippen LogP contribution in [-0.4, -0.2) is 41.7 Å². The molecule has 2 aromatic heterocycles. The lowest BCUT2D eigenvalue weighted by atomic mass is 10.1. The van der Waals surface area contributed by atoms with Gasteiger partial charge < -0.3 is 20.5 Å². The third-order valence-electron chi connectivity index (χ3n) is 5.71. The lowest BCUT2D eigenvalue weighted by Gasteiger charge is -2.11. The Kier molecular flexibility index (Phi) is 8.71. The summed E-state index contributed by atoms with van der Waals surface area (Å²) in [5.74, 6) is 0.108. The van der Waals surface area contributed by atoms with Crippen molar-refractivity contribution in [3.8, 4) is 22.8 Å². The van der Waals surface area contributed by atoms with E-state index in [2.05, 4.69) is 51.7 Å². The average Bonchev–Trinajstić information content (AvgIpc) is 3.45. The van der Waals surface area contributed by atoms with Gasteiger partial charge in [-0.1, -0.05) is 22.8 Å². The third-order valence-corrected chi connectivity index (χ3v) is 7.27. The molecule has 43 heavy (non-hydrogen) atoms. The van der Waals surface area contributed by atoms with Gasteiger partial charge in [0, 0.05) is 45.1 Å². The molecule has 0 bridgehead atoms. The highest BCUT2D eigenvalue weighted by Gasteiger charge is 2.16. The Bertz CT molecular complexity index is 1940. The topological polar surface area (TPSA) is 168 Å². The van der Waals surface area contributed by atoms with E-state index < -0.39 is 16.1 Å². The molecule has 0 radical (unpaired) electrons. The number of amides is 3. The molecule has 0 aliphatic heterocycles. The Balaban J connectivity index is 1.25. The number of carbonyl (C=O) groups excluding carboxylic acids is 2. The lowest BCUT2D eigenvalue weighted by molar-refractivity contribution is 0.102. The van der Waals surface area contributed by atoms with E-state index in [0.29, 0.717) is 48.9 Å². The van der Waals surface area contributed by atoms with Crippen LogP contribution in [0.25, 0.3) is 22.8 Å². The van der Waals surface area contributed by atoms with Gasteiger partial charge in [-0.2, -0.15) is 4.98 Å². The van der Waals surface area contributed by atoms with Crippen molar-refractivity contribution < 1.29 is 22.5 Å². The average molecular weight is 683 g/mol. The van der Waals surface area contributed by atoms with E-state index in [0.717, 1.165) is 6.26 Å². The zero-order valence-electron chi connectivity index (χ0n) is 22.1. The summed E-state index contributed by atoms with van der Waals surface area (Å²) in [6.45, 7) is 0. The molecule has 2 heterocycles. The van der Waals surface area contributed by atoms with Crippen LogP contribution >= 0.6 is 27.5 Å². The second-order valence-electron chi connectivity index (χ2n) is 9.04. The molecule has 218 valence electrons. The molecule has 5 aromatic rings. The first kappa shape index (κ1) is 29.7. The highest BCUT2D eigenvalue weighted by molar-refractivity contribution is 9.10. The van der Waals surface area contributed by atoms with Crippen LogP contribution in [0.3, 0.4) is 0 Å². The number of aromatic nitrogens is 3. The SMILES string of the molecule is CS(=O)(=O)Nc1ccc(NC(=O)Nc2cccc(-c3nc(-c4ccc(NC(=O)c5cccnc5)cc4Cl)no3)c2)cc1Br. The summed E-state index contributed by atoms with van der Waals surface area (Å²) in [4.78, 5) is 33.4. The number of hydrogen-bond acceptors (Lipinski definition) is 8. The van der Waals surface area contributed by atoms with E-state index in [9.17, 15) is 18.0 Å². The molecule has 0 unspecified atom stereocenters. The maximum Gasteiger partial charge on any atom is 0.323 e. The fourth-order valence-corrected chi connectivity index (χ4v) is 5.28. The van der Waals surface area contributed by atoms with E-state index in [1.807, 2.05) is 0 Å². The Morgan fingerprint density at radius 3 is 2.35 bits per heavy atom. The summed E-state index contributed by atoms with van der Waals surface area (Å²) in [5, 5.41) is 12.5. The molecule has 3 amide bonds. The minimum Gasteiger partial charge on any atom is -0.334 e. The van der Waals surface area contributed by atoms with Gasteiger partial charge in [-0.25, -0.2) is 13.2 Å². The molecule has 5 rings (SSSR count). The van der Waals surface area contributed by atoms with Gasteiger partial charge in [-0.3, -0.25) is 14.5 Å². The minimum atomic E-state index is -3.45. The monoisotopic (exact) mass is 681 g/mol. The highest BCUT2D eigenvalue weighted by Crippen LogP contribution is 2.31. The summed E-state index contributed by atoms with van der Waals surface area (Å²) in [5.41, 5.74) is 3.16. The number of sulfonamides is 1. The van der Waals surface area contributed by atoms with Gasteiger partial charge >= 0.3 is 6.03 Å².